The lowest BCUT2D eigenvalue weighted by molar-refractivity contribution is -0.231. The Balaban J connectivity index is 2.78. The van der Waals surface area contributed by atoms with Gasteiger partial charge in [0.25, 0.3) is 0 Å². The molecule has 1 aliphatic rings. The van der Waals surface area contributed by atoms with Crippen LogP contribution in [0, 0.1) is 11.8 Å². The minimum absolute atomic E-state index is 0.253. The highest BCUT2D eigenvalue weighted by molar-refractivity contribution is 5.66. The number of carboxylic acid groups (broad SMARTS) is 1. The molecule has 0 heterocycles. The van der Waals surface area contributed by atoms with Crippen molar-refractivity contribution in [3.8, 4) is 0 Å². The summed E-state index contributed by atoms with van der Waals surface area (Å²) >= 11 is 0. The van der Waals surface area contributed by atoms with E-state index < -0.39 is 17.5 Å². The van der Waals surface area contributed by atoms with E-state index in [1.807, 2.05) is 0 Å². The van der Waals surface area contributed by atoms with Crippen LogP contribution < -0.4 is 0 Å². The van der Waals surface area contributed by atoms with Gasteiger partial charge in [-0.15, -0.1) is 0 Å². The lowest BCUT2D eigenvalue weighted by Gasteiger charge is -2.35. The van der Waals surface area contributed by atoms with E-state index in [1.165, 1.54) is 0 Å². The van der Waals surface area contributed by atoms with E-state index in [0.29, 0.717) is 5.92 Å². The zero-order valence-electron chi connectivity index (χ0n) is 19.8. The van der Waals surface area contributed by atoms with Crippen LogP contribution in [0.1, 0.15) is 84.0 Å². The van der Waals surface area contributed by atoms with Gasteiger partial charge in [-0.25, -0.2) is 0 Å². The van der Waals surface area contributed by atoms with Gasteiger partial charge >= 0.3 is 5.97 Å². The van der Waals surface area contributed by atoms with Crippen molar-refractivity contribution in [2.75, 3.05) is 28.4 Å². The largest absolute Gasteiger partial charge is 0.481 e. The van der Waals surface area contributed by atoms with Crippen molar-refractivity contribution < 1.29 is 28.8 Å². The standard InChI is InChI=1S/C24H44O6/c1-6-7-12-17-23(27-2,28-3)18-15-20-16-19-24(29-4,30-5)21(20)13-10-8-9-11-14-22(25)26/h15,18,20-21H,6-14,16-17,19H2,1-5H3,(H,25,26)/t20-,21+/m0/s1. The number of hydrogen-bond acceptors (Lipinski definition) is 5. The molecule has 0 spiro atoms. The topological polar surface area (TPSA) is 74.2 Å². The number of methoxy groups -OCH3 is 4. The Morgan fingerprint density at radius 3 is 2.27 bits per heavy atom. The Labute approximate surface area is 183 Å². The molecule has 6 heteroatoms. The van der Waals surface area contributed by atoms with E-state index >= 15 is 0 Å². The van der Waals surface area contributed by atoms with Crippen molar-refractivity contribution in [3.63, 3.8) is 0 Å². The molecule has 0 aromatic carbocycles. The second-order valence-electron chi connectivity index (χ2n) is 8.41. The summed E-state index contributed by atoms with van der Waals surface area (Å²) in [4.78, 5) is 10.7. The van der Waals surface area contributed by atoms with Gasteiger partial charge in [0, 0.05) is 53.6 Å². The maximum atomic E-state index is 10.7. The molecule has 30 heavy (non-hydrogen) atoms. The molecule has 1 aliphatic carbocycles. The van der Waals surface area contributed by atoms with Gasteiger partial charge in [-0.1, -0.05) is 45.1 Å². The van der Waals surface area contributed by atoms with Crippen LogP contribution in [-0.4, -0.2) is 51.1 Å². The highest BCUT2D eigenvalue weighted by Gasteiger charge is 2.48. The molecule has 2 atom stereocenters. The quantitative estimate of drug-likeness (QED) is 0.186. The SMILES string of the molecule is CCCCCC(C=C[C@H]1CCC(OC)(OC)[C@@H]1CCCCCCC(=O)O)(OC)OC. The smallest absolute Gasteiger partial charge is 0.303 e. The summed E-state index contributed by atoms with van der Waals surface area (Å²) in [5.41, 5.74) is 0. The average molecular weight is 429 g/mol. The van der Waals surface area contributed by atoms with Crippen LogP contribution in [0.4, 0.5) is 0 Å². The maximum Gasteiger partial charge on any atom is 0.303 e. The number of carboxylic acids is 1. The molecule has 0 bridgehead atoms. The maximum absolute atomic E-state index is 10.7. The van der Waals surface area contributed by atoms with Gasteiger partial charge in [-0.2, -0.15) is 0 Å². The van der Waals surface area contributed by atoms with Crippen LogP contribution in [0.2, 0.25) is 0 Å². The van der Waals surface area contributed by atoms with Gasteiger partial charge in [0.05, 0.1) is 0 Å². The van der Waals surface area contributed by atoms with Crippen LogP contribution in [0.15, 0.2) is 12.2 Å². The zero-order valence-corrected chi connectivity index (χ0v) is 19.8. The Morgan fingerprint density at radius 2 is 1.70 bits per heavy atom. The summed E-state index contributed by atoms with van der Waals surface area (Å²) in [5.74, 6) is -1.36. The second-order valence-corrected chi connectivity index (χ2v) is 8.41. The van der Waals surface area contributed by atoms with Crippen LogP contribution in [-0.2, 0) is 23.7 Å². The van der Waals surface area contributed by atoms with Crippen molar-refractivity contribution in [1.82, 2.24) is 0 Å². The summed E-state index contributed by atoms with van der Waals surface area (Å²) in [7, 11) is 6.87. The molecule has 1 saturated carbocycles. The molecule has 6 nitrogen and oxygen atoms in total. The van der Waals surface area contributed by atoms with Crippen molar-refractivity contribution in [2.45, 2.75) is 95.5 Å². The Kier molecular flexibility index (Phi) is 12.8. The third-order valence-electron chi connectivity index (χ3n) is 6.67. The fourth-order valence-electron chi connectivity index (χ4n) is 4.73. The number of hydrogen-bond donors (Lipinski definition) is 1. The monoisotopic (exact) mass is 428 g/mol. The van der Waals surface area contributed by atoms with Crippen molar-refractivity contribution in [3.05, 3.63) is 12.2 Å². The van der Waals surface area contributed by atoms with E-state index in [9.17, 15) is 4.79 Å². The molecule has 0 aliphatic heterocycles. The van der Waals surface area contributed by atoms with Crippen molar-refractivity contribution in [1.29, 1.82) is 0 Å². The van der Waals surface area contributed by atoms with Gasteiger partial charge in [-0.3, -0.25) is 4.79 Å². The Bertz CT molecular complexity index is 496. The lowest BCUT2D eigenvalue weighted by Crippen LogP contribution is -2.39. The summed E-state index contributed by atoms with van der Waals surface area (Å²) in [6.07, 6.45) is 15.4. The van der Waals surface area contributed by atoms with E-state index in [1.54, 1.807) is 28.4 Å². The van der Waals surface area contributed by atoms with E-state index in [2.05, 4.69) is 19.1 Å². The van der Waals surface area contributed by atoms with Crippen molar-refractivity contribution in [2.24, 2.45) is 11.8 Å². The van der Waals surface area contributed by atoms with Gasteiger partial charge in [0.1, 0.15) is 0 Å². The molecule has 0 aromatic heterocycles. The predicted octanol–water partition coefficient (Wildman–Crippen LogP) is 5.55. The molecular weight excluding hydrogens is 384 g/mol. The summed E-state index contributed by atoms with van der Waals surface area (Å²) < 4.78 is 23.3. The molecule has 1 fully saturated rings. The number of carbonyl (C=O) groups is 1. The Morgan fingerprint density at radius 1 is 1.03 bits per heavy atom. The number of unbranched alkanes of at least 4 members (excludes halogenated alkanes) is 5. The van der Waals surface area contributed by atoms with Crippen LogP contribution in [0.3, 0.4) is 0 Å². The second kappa shape index (κ2) is 14.2. The van der Waals surface area contributed by atoms with Crippen LogP contribution in [0.5, 0.6) is 0 Å². The molecule has 0 amide bonds. The first kappa shape index (κ1) is 27.1. The molecule has 0 saturated heterocycles. The molecule has 0 aromatic rings. The van der Waals surface area contributed by atoms with Crippen LogP contribution >= 0.6 is 0 Å². The number of allylic oxidation sites excluding steroid dienone is 1. The number of ether oxygens (including phenoxy) is 4. The van der Waals surface area contributed by atoms with Gasteiger partial charge in [0.2, 0.25) is 0 Å². The summed E-state index contributed by atoms with van der Waals surface area (Å²) in [6, 6.07) is 0. The van der Waals surface area contributed by atoms with Crippen LogP contribution in [0.25, 0.3) is 0 Å². The molecule has 1 N–H and O–H groups in total. The van der Waals surface area contributed by atoms with Gasteiger partial charge in [-0.05, 0) is 37.7 Å². The Hall–Kier alpha value is -0.950. The number of rotatable bonds is 17. The van der Waals surface area contributed by atoms with Gasteiger partial charge in [0.15, 0.2) is 11.6 Å². The summed E-state index contributed by atoms with van der Waals surface area (Å²) in [6.45, 7) is 2.19. The minimum Gasteiger partial charge on any atom is -0.481 e. The molecule has 0 unspecified atom stereocenters. The fourth-order valence-corrected chi connectivity index (χ4v) is 4.73. The normalized spacial score (nSPS) is 21.5. The minimum atomic E-state index is -0.715. The highest BCUT2D eigenvalue weighted by Crippen LogP contribution is 2.47. The fraction of sp³-hybridized carbons (Fsp3) is 0.875. The predicted molar refractivity (Wildman–Crippen MR) is 118 cm³/mol. The third kappa shape index (κ3) is 7.95. The van der Waals surface area contributed by atoms with Gasteiger partial charge < -0.3 is 24.1 Å². The summed E-state index contributed by atoms with van der Waals surface area (Å²) in [5, 5.41) is 8.78. The van der Waals surface area contributed by atoms with E-state index in [4.69, 9.17) is 24.1 Å². The average Bonchev–Trinajstić information content (AvgIpc) is 3.11. The highest BCUT2D eigenvalue weighted by atomic mass is 16.7. The van der Waals surface area contributed by atoms with E-state index in [-0.39, 0.29) is 12.3 Å². The number of aliphatic carboxylic acids is 1. The third-order valence-corrected chi connectivity index (χ3v) is 6.67. The lowest BCUT2D eigenvalue weighted by atomic mass is 9.86. The first-order valence-electron chi connectivity index (χ1n) is 11.5. The van der Waals surface area contributed by atoms with Crippen molar-refractivity contribution >= 4 is 5.97 Å². The first-order chi connectivity index (χ1) is 14.4. The zero-order chi connectivity index (χ0) is 22.5. The molecule has 1 rings (SSSR count). The first-order valence-corrected chi connectivity index (χ1v) is 11.5. The molecule has 176 valence electrons. The molecular formula is C24H44O6. The molecule has 0 radical (unpaired) electrons. The van der Waals surface area contributed by atoms with E-state index in [0.717, 1.165) is 70.6 Å².